The standard InChI is InChI=1S/C14H20N4O4/c1-3-7-10-13(17-9(4-2)16-7)18(6-15-10)14-12(21)11(20)8(5-19)22-14/h6,8,11-12,14,19-21H,3-5H2,1-2H3/t8-,11?,12+,14-/m1/s1. The van der Waals surface area contributed by atoms with Gasteiger partial charge in [0.05, 0.1) is 18.6 Å². The minimum Gasteiger partial charge on any atom is -0.394 e. The molecule has 3 N–H and O–H groups in total. The molecule has 0 saturated carbocycles. The number of imidazole rings is 1. The van der Waals surface area contributed by atoms with Crippen LogP contribution in [0.25, 0.3) is 11.2 Å². The lowest BCUT2D eigenvalue weighted by Gasteiger charge is -2.16. The highest BCUT2D eigenvalue weighted by Crippen LogP contribution is 2.31. The van der Waals surface area contributed by atoms with E-state index in [4.69, 9.17) is 4.74 Å². The Kier molecular flexibility index (Phi) is 4.09. The smallest absolute Gasteiger partial charge is 0.166 e. The molecule has 4 atom stereocenters. The van der Waals surface area contributed by atoms with Crippen molar-refractivity contribution in [2.24, 2.45) is 0 Å². The average molecular weight is 308 g/mol. The van der Waals surface area contributed by atoms with Crippen LogP contribution in [0.1, 0.15) is 31.6 Å². The first-order chi connectivity index (χ1) is 10.6. The van der Waals surface area contributed by atoms with Crippen molar-refractivity contribution in [3.8, 4) is 0 Å². The predicted molar refractivity (Wildman–Crippen MR) is 77.1 cm³/mol. The van der Waals surface area contributed by atoms with Crippen LogP contribution in [0.2, 0.25) is 0 Å². The van der Waals surface area contributed by atoms with Crippen molar-refractivity contribution in [3.63, 3.8) is 0 Å². The molecule has 1 saturated heterocycles. The Morgan fingerprint density at radius 3 is 2.55 bits per heavy atom. The van der Waals surface area contributed by atoms with Gasteiger partial charge in [-0.2, -0.15) is 0 Å². The van der Waals surface area contributed by atoms with E-state index in [0.29, 0.717) is 23.4 Å². The molecule has 0 aliphatic carbocycles. The Balaban J connectivity index is 2.08. The molecule has 1 aliphatic heterocycles. The molecule has 8 heteroatoms. The van der Waals surface area contributed by atoms with E-state index in [0.717, 1.165) is 12.1 Å². The first kappa shape index (κ1) is 15.3. The third kappa shape index (κ3) is 2.28. The van der Waals surface area contributed by atoms with Gasteiger partial charge in [0.2, 0.25) is 0 Å². The number of hydrogen-bond acceptors (Lipinski definition) is 7. The Labute approximate surface area is 127 Å². The van der Waals surface area contributed by atoms with E-state index in [9.17, 15) is 15.3 Å². The summed E-state index contributed by atoms with van der Waals surface area (Å²) >= 11 is 0. The van der Waals surface area contributed by atoms with Gasteiger partial charge in [0, 0.05) is 6.42 Å². The molecule has 0 aromatic carbocycles. The monoisotopic (exact) mass is 308 g/mol. The number of aliphatic hydroxyl groups is 3. The van der Waals surface area contributed by atoms with E-state index in [1.807, 2.05) is 13.8 Å². The van der Waals surface area contributed by atoms with Crippen LogP contribution in [-0.2, 0) is 17.6 Å². The fourth-order valence-corrected chi connectivity index (χ4v) is 2.73. The number of aromatic nitrogens is 4. The molecule has 120 valence electrons. The summed E-state index contributed by atoms with van der Waals surface area (Å²) < 4.78 is 7.14. The number of ether oxygens (including phenoxy) is 1. The van der Waals surface area contributed by atoms with Crippen molar-refractivity contribution in [1.29, 1.82) is 0 Å². The van der Waals surface area contributed by atoms with Crippen LogP contribution in [0.4, 0.5) is 0 Å². The zero-order valence-corrected chi connectivity index (χ0v) is 12.5. The lowest BCUT2D eigenvalue weighted by atomic mass is 10.1. The van der Waals surface area contributed by atoms with Crippen LogP contribution >= 0.6 is 0 Å². The van der Waals surface area contributed by atoms with E-state index < -0.39 is 24.5 Å². The lowest BCUT2D eigenvalue weighted by molar-refractivity contribution is -0.0511. The summed E-state index contributed by atoms with van der Waals surface area (Å²) in [5.74, 6) is 0.692. The first-order valence-corrected chi connectivity index (χ1v) is 7.45. The molecule has 0 spiro atoms. The van der Waals surface area contributed by atoms with Gasteiger partial charge in [-0.15, -0.1) is 0 Å². The summed E-state index contributed by atoms with van der Waals surface area (Å²) in [7, 11) is 0. The van der Waals surface area contributed by atoms with E-state index in [1.54, 1.807) is 4.57 Å². The predicted octanol–water partition coefficient (Wildman–Crippen LogP) is -0.437. The second-order valence-electron chi connectivity index (χ2n) is 5.35. The quantitative estimate of drug-likeness (QED) is 0.702. The normalized spacial score (nSPS) is 28.6. The average Bonchev–Trinajstić information content (AvgIpc) is 3.08. The van der Waals surface area contributed by atoms with Crippen LogP contribution in [-0.4, -0.2) is 59.8 Å². The van der Waals surface area contributed by atoms with Crippen molar-refractivity contribution in [2.75, 3.05) is 6.61 Å². The largest absolute Gasteiger partial charge is 0.394 e. The number of fused-ring (bicyclic) bond motifs is 1. The Bertz CT molecular complexity index is 674. The van der Waals surface area contributed by atoms with Crippen LogP contribution < -0.4 is 0 Å². The molecule has 3 heterocycles. The summed E-state index contributed by atoms with van der Waals surface area (Å²) in [4.78, 5) is 13.3. The van der Waals surface area contributed by atoms with Gasteiger partial charge in [-0.3, -0.25) is 4.57 Å². The Morgan fingerprint density at radius 2 is 1.95 bits per heavy atom. The Hall–Kier alpha value is -1.61. The van der Waals surface area contributed by atoms with Crippen LogP contribution in [0, 0.1) is 0 Å². The molecule has 0 amide bonds. The molecule has 22 heavy (non-hydrogen) atoms. The first-order valence-electron chi connectivity index (χ1n) is 7.45. The van der Waals surface area contributed by atoms with Gasteiger partial charge in [0.25, 0.3) is 0 Å². The number of aliphatic hydroxyl groups excluding tert-OH is 3. The van der Waals surface area contributed by atoms with Crippen molar-refractivity contribution in [3.05, 3.63) is 17.8 Å². The second-order valence-corrected chi connectivity index (χ2v) is 5.35. The van der Waals surface area contributed by atoms with Gasteiger partial charge < -0.3 is 20.1 Å². The highest BCUT2D eigenvalue weighted by atomic mass is 16.6. The van der Waals surface area contributed by atoms with Crippen molar-refractivity contribution < 1.29 is 20.1 Å². The number of rotatable bonds is 4. The third-order valence-corrected chi connectivity index (χ3v) is 3.98. The number of nitrogens with zero attached hydrogens (tertiary/aromatic N) is 4. The van der Waals surface area contributed by atoms with Crippen molar-refractivity contribution >= 4 is 11.2 Å². The van der Waals surface area contributed by atoms with E-state index in [1.165, 1.54) is 6.33 Å². The molecule has 1 unspecified atom stereocenters. The molecule has 3 rings (SSSR count). The van der Waals surface area contributed by atoms with Gasteiger partial charge >= 0.3 is 0 Å². The number of hydrogen-bond donors (Lipinski definition) is 3. The molecule has 1 aliphatic rings. The second kappa shape index (κ2) is 5.88. The highest BCUT2D eigenvalue weighted by molar-refractivity contribution is 5.73. The van der Waals surface area contributed by atoms with Gasteiger partial charge in [-0.25, -0.2) is 15.0 Å². The van der Waals surface area contributed by atoms with Gasteiger partial charge in [-0.1, -0.05) is 13.8 Å². The van der Waals surface area contributed by atoms with Gasteiger partial charge in [-0.05, 0) is 6.42 Å². The van der Waals surface area contributed by atoms with Crippen molar-refractivity contribution in [2.45, 2.75) is 51.2 Å². The zero-order valence-electron chi connectivity index (χ0n) is 12.5. The van der Waals surface area contributed by atoms with Gasteiger partial charge in [0.1, 0.15) is 29.7 Å². The third-order valence-electron chi connectivity index (χ3n) is 3.98. The van der Waals surface area contributed by atoms with E-state index in [2.05, 4.69) is 15.0 Å². The maximum Gasteiger partial charge on any atom is 0.166 e. The van der Waals surface area contributed by atoms with E-state index >= 15 is 0 Å². The van der Waals surface area contributed by atoms with Crippen molar-refractivity contribution in [1.82, 2.24) is 19.5 Å². The molecule has 2 aromatic rings. The zero-order chi connectivity index (χ0) is 15.9. The SMILES string of the molecule is CCc1nc(CC)c2ncn([C@@H]3O[C@H](CO)C(O)[C@@H]3O)c2n1. The topological polar surface area (TPSA) is 114 Å². The summed E-state index contributed by atoms with van der Waals surface area (Å²) in [6, 6.07) is 0. The fourth-order valence-electron chi connectivity index (χ4n) is 2.73. The molecular formula is C14H20N4O4. The van der Waals surface area contributed by atoms with Crippen LogP contribution in [0.15, 0.2) is 6.33 Å². The summed E-state index contributed by atoms with van der Waals surface area (Å²) in [6.07, 6.45) is -1.02. The maximum absolute atomic E-state index is 10.2. The lowest BCUT2D eigenvalue weighted by Crippen LogP contribution is -2.33. The molecule has 0 bridgehead atoms. The molecule has 0 radical (unpaired) electrons. The summed E-state index contributed by atoms with van der Waals surface area (Å²) in [5, 5.41) is 29.3. The van der Waals surface area contributed by atoms with E-state index in [-0.39, 0.29) is 6.61 Å². The minimum atomic E-state index is -1.15. The molecule has 2 aromatic heterocycles. The van der Waals surface area contributed by atoms with Crippen LogP contribution in [0.5, 0.6) is 0 Å². The molecule has 1 fully saturated rings. The minimum absolute atomic E-state index is 0.364. The summed E-state index contributed by atoms with van der Waals surface area (Å²) in [6.45, 7) is 3.59. The Morgan fingerprint density at radius 1 is 1.18 bits per heavy atom. The summed E-state index contributed by atoms with van der Waals surface area (Å²) in [5.41, 5.74) is 2.07. The van der Waals surface area contributed by atoms with Gasteiger partial charge in [0.15, 0.2) is 11.9 Å². The highest BCUT2D eigenvalue weighted by Gasteiger charge is 2.44. The van der Waals surface area contributed by atoms with Crippen LogP contribution in [0.3, 0.4) is 0 Å². The molecule has 8 nitrogen and oxygen atoms in total. The maximum atomic E-state index is 10.2. The number of aryl methyl sites for hydroxylation is 2. The molecular weight excluding hydrogens is 288 g/mol. The fraction of sp³-hybridized carbons (Fsp3) is 0.643.